The first-order valence-electron chi connectivity index (χ1n) is 6.84. The third kappa shape index (κ3) is 2.91. The van der Waals surface area contributed by atoms with Gasteiger partial charge in [0.25, 0.3) is 5.91 Å². The molecule has 2 amide bonds. The molecular weight excluding hydrogens is 339 g/mol. The lowest BCUT2D eigenvalue weighted by Crippen LogP contribution is -2.40. The number of rotatable bonds is 3. The highest BCUT2D eigenvalue weighted by Gasteiger charge is 2.43. The van der Waals surface area contributed by atoms with Gasteiger partial charge in [0.2, 0.25) is 5.91 Å². The molecule has 0 saturated carbocycles. The Morgan fingerprint density at radius 3 is 2.39 bits per heavy atom. The predicted molar refractivity (Wildman–Crippen MR) is 88.1 cm³/mol. The van der Waals surface area contributed by atoms with Crippen molar-refractivity contribution in [2.45, 2.75) is 12.5 Å². The Kier molecular flexibility index (Phi) is 4.26. The van der Waals surface area contributed by atoms with E-state index in [9.17, 15) is 14.8 Å². The fraction of sp³-hybridized carbons (Fsp3) is 0.125. The summed E-state index contributed by atoms with van der Waals surface area (Å²) in [5.41, 5.74) is 0.771. The summed E-state index contributed by atoms with van der Waals surface area (Å²) in [4.78, 5) is 25.8. The van der Waals surface area contributed by atoms with E-state index >= 15 is 0 Å². The van der Waals surface area contributed by atoms with Gasteiger partial charge in [0.15, 0.2) is 0 Å². The van der Waals surface area contributed by atoms with Crippen molar-refractivity contribution in [3.05, 3.63) is 58.6 Å². The van der Waals surface area contributed by atoms with Crippen LogP contribution in [0.2, 0.25) is 10.0 Å². The van der Waals surface area contributed by atoms with Crippen LogP contribution in [-0.2, 0) is 9.59 Å². The molecule has 118 valence electrons. The van der Waals surface area contributed by atoms with E-state index in [2.05, 4.69) is 0 Å². The number of nitrogens with zero attached hydrogens (tertiary/aromatic N) is 2. The van der Waals surface area contributed by atoms with Crippen LogP contribution in [0.4, 0.5) is 11.4 Å². The average Bonchev–Trinajstić information content (AvgIpc) is 2.85. The van der Waals surface area contributed by atoms with Crippen LogP contribution >= 0.6 is 23.2 Å². The molecule has 1 fully saturated rings. The van der Waals surface area contributed by atoms with Crippen molar-refractivity contribution in [2.24, 2.45) is 0 Å². The molecule has 0 spiro atoms. The lowest BCUT2D eigenvalue weighted by atomic mass is 10.2. The molecule has 7 heteroatoms. The molecule has 2 aromatic rings. The predicted octanol–water partition coefficient (Wildman–Crippen LogP) is 3.52. The van der Waals surface area contributed by atoms with E-state index in [1.165, 1.54) is 18.2 Å². The molecule has 23 heavy (non-hydrogen) atoms. The maximum Gasteiger partial charge on any atom is 0.259 e. The number of imide groups is 1. The standard InChI is InChI=1S/C16H12Cl2N2O3/c17-12-7-6-11(8-13(12)18)19-15(21)9-14(16(19)22)20(23)10-4-2-1-3-5-10/h1-8,14,23H,9H2/t14-/m1/s1. The topological polar surface area (TPSA) is 60.9 Å². The van der Waals surface area contributed by atoms with Crippen molar-refractivity contribution in [1.29, 1.82) is 0 Å². The highest BCUT2D eigenvalue weighted by molar-refractivity contribution is 6.42. The molecule has 0 unspecified atom stereocenters. The van der Waals surface area contributed by atoms with Crippen LogP contribution < -0.4 is 9.96 Å². The molecule has 0 aromatic heterocycles. The molecule has 2 aromatic carbocycles. The Labute approximate surface area is 142 Å². The number of hydrogen-bond donors (Lipinski definition) is 1. The molecule has 1 aliphatic rings. The van der Waals surface area contributed by atoms with Crippen LogP contribution in [0, 0.1) is 0 Å². The second-order valence-electron chi connectivity index (χ2n) is 5.07. The van der Waals surface area contributed by atoms with Crippen LogP contribution in [0.5, 0.6) is 0 Å². The van der Waals surface area contributed by atoms with Gasteiger partial charge in [-0.05, 0) is 30.3 Å². The monoisotopic (exact) mass is 350 g/mol. The van der Waals surface area contributed by atoms with Gasteiger partial charge >= 0.3 is 0 Å². The van der Waals surface area contributed by atoms with Gasteiger partial charge in [-0.15, -0.1) is 0 Å². The van der Waals surface area contributed by atoms with Gasteiger partial charge in [0.1, 0.15) is 6.04 Å². The summed E-state index contributed by atoms with van der Waals surface area (Å²) >= 11 is 11.8. The Balaban J connectivity index is 1.89. The van der Waals surface area contributed by atoms with Gasteiger partial charge in [0, 0.05) is 0 Å². The van der Waals surface area contributed by atoms with Crippen molar-refractivity contribution in [1.82, 2.24) is 0 Å². The molecule has 1 heterocycles. The molecule has 0 aliphatic carbocycles. The number of halogens is 2. The van der Waals surface area contributed by atoms with Gasteiger partial charge in [-0.3, -0.25) is 14.8 Å². The normalized spacial score (nSPS) is 17.7. The van der Waals surface area contributed by atoms with Crippen molar-refractivity contribution in [3.63, 3.8) is 0 Å². The van der Waals surface area contributed by atoms with Gasteiger partial charge in [0.05, 0.1) is 27.8 Å². The molecule has 3 rings (SSSR count). The second kappa shape index (κ2) is 6.20. The van der Waals surface area contributed by atoms with Crippen LogP contribution in [0.25, 0.3) is 0 Å². The quantitative estimate of drug-likeness (QED) is 0.679. The van der Waals surface area contributed by atoms with E-state index < -0.39 is 17.9 Å². The molecule has 0 bridgehead atoms. The molecule has 0 radical (unpaired) electrons. The molecular formula is C16H12Cl2N2O3. The average molecular weight is 351 g/mol. The molecule has 1 saturated heterocycles. The van der Waals surface area contributed by atoms with Crippen LogP contribution in [0.3, 0.4) is 0 Å². The first kappa shape index (κ1) is 15.8. The molecule has 1 aliphatic heterocycles. The lowest BCUT2D eigenvalue weighted by molar-refractivity contribution is -0.121. The van der Waals surface area contributed by atoms with E-state index in [-0.39, 0.29) is 11.4 Å². The highest BCUT2D eigenvalue weighted by Crippen LogP contribution is 2.31. The van der Waals surface area contributed by atoms with Crippen molar-refractivity contribution in [2.75, 3.05) is 9.96 Å². The van der Waals surface area contributed by atoms with E-state index in [4.69, 9.17) is 23.2 Å². The highest BCUT2D eigenvalue weighted by atomic mass is 35.5. The Morgan fingerprint density at radius 1 is 1.04 bits per heavy atom. The summed E-state index contributed by atoms with van der Waals surface area (Å²) in [5.74, 6) is -0.923. The SMILES string of the molecule is O=C1C[C@@H](N(O)c2ccccc2)C(=O)N1c1ccc(Cl)c(Cl)c1. The van der Waals surface area contributed by atoms with Gasteiger partial charge in [-0.25, -0.2) is 9.96 Å². The fourth-order valence-electron chi connectivity index (χ4n) is 2.46. The van der Waals surface area contributed by atoms with Crippen LogP contribution in [0.1, 0.15) is 6.42 Å². The minimum Gasteiger partial charge on any atom is -0.288 e. The molecule has 1 N–H and O–H groups in total. The summed E-state index contributed by atoms with van der Waals surface area (Å²) in [6, 6.07) is 12.1. The first-order valence-corrected chi connectivity index (χ1v) is 7.59. The summed E-state index contributed by atoms with van der Waals surface area (Å²) in [6.45, 7) is 0. The third-order valence-electron chi connectivity index (χ3n) is 3.60. The lowest BCUT2D eigenvalue weighted by Gasteiger charge is -2.22. The van der Waals surface area contributed by atoms with E-state index in [0.29, 0.717) is 16.4 Å². The number of hydrogen-bond acceptors (Lipinski definition) is 4. The largest absolute Gasteiger partial charge is 0.288 e. The summed E-state index contributed by atoms with van der Waals surface area (Å²) in [6.07, 6.45) is -0.121. The van der Waals surface area contributed by atoms with Crippen molar-refractivity contribution in [3.8, 4) is 0 Å². The maximum absolute atomic E-state index is 12.6. The van der Waals surface area contributed by atoms with E-state index in [0.717, 1.165) is 9.96 Å². The number of carbonyl (C=O) groups excluding carboxylic acids is 2. The summed E-state index contributed by atoms with van der Waals surface area (Å²) in [5, 5.41) is 11.7. The molecule has 5 nitrogen and oxygen atoms in total. The van der Waals surface area contributed by atoms with Gasteiger partial charge < -0.3 is 0 Å². The zero-order valence-corrected chi connectivity index (χ0v) is 13.3. The van der Waals surface area contributed by atoms with Crippen molar-refractivity contribution < 1.29 is 14.8 Å². The number of benzene rings is 2. The second-order valence-corrected chi connectivity index (χ2v) is 5.88. The minimum atomic E-state index is -0.973. The van der Waals surface area contributed by atoms with E-state index in [1.807, 2.05) is 0 Å². The third-order valence-corrected chi connectivity index (χ3v) is 4.34. The summed E-state index contributed by atoms with van der Waals surface area (Å²) in [7, 11) is 0. The number of amides is 2. The van der Waals surface area contributed by atoms with Crippen LogP contribution in [0.15, 0.2) is 48.5 Å². The zero-order chi connectivity index (χ0) is 16.6. The number of carbonyl (C=O) groups is 2. The van der Waals surface area contributed by atoms with E-state index in [1.54, 1.807) is 30.3 Å². The number of anilines is 2. The van der Waals surface area contributed by atoms with Gasteiger partial charge in [-0.1, -0.05) is 41.4 Å². The Bertz CT molecular complexity index is 767. The zero-order valence-electron chi connectivity index (χ0n) is 11.8. The van der Waals surface area contributed by atoms with Crippen molar-refractivity contribution >= 4 is 46.4 Å². The smallest absolute Gasteiger partial charge is 0.259 e. The maximum atomic E-state index is 12.6. The molecule has 1 atom stereocenters. The first-order chi connectivity index (χ1) is 11.0. The minimum absolute atomic E-state index is 0.121. The number of hydroxylamine groups is 1. The summed E-state index contributed by atoms with van der Waals surface area (Å²) < 4.78 is 0. The van der Waals surface area contributed by atoms with Crippen LogP contribution in [-0.4, -0.2) is 23.1 Å². The van der Waals surface area contributed by atoms with Gasteiger partial charge in [-0.2, -0.15) is 0 Å². The fourth-order valence-corrected chi connectivity index (χ4v) is 2.76. The Morgan fingerprint density at radius 2 is 1.74 bits per heavy atom. The Hall–Kier alpha value is -2.08. The number of para-hydroxylation sites is 1.